The third-order valence-electron chi connectivity index (χ3n) is 5.44. The number of hydrogen-bond acceptors (Lipinski definition) is 5. The van der Waals surface area contributed by atoms with E-state index in [0.29, 0.717) is 23.3 Å². The standard InChI is InChI=1S/C25H22N4O2S/c1-3-13-29-24(23-14-17-9-5-8-12-22(17)31-23)26-27-25(29)32-16-21(30)19-15-28(4-2)20-11-7-6-10-18(19)20/h3,5-12,14-15H,1,4,13,16H2,2H3. The molecule has 0 saturated carbocycles. The molecule has 0 N–H and O–H groups in total. The van der Waals surface area contributed by atoms with E-state index < -0.39 is 0 Å². The lowest BCUT2D eigenvalue weighted by Crippen LogP contribution is -2.05. The Labute approximate surface area is 189 Å². The van der Waals surface area contributed by atoms with Crippen LogP contribution in [0.4, 0.5) is 0 Å². The summed E-state index contributed by atoms with van der Waals surface area (Å²) in [5, 5.41) is 11.3. The van der Waals surface area contributed by atoms with Crippen LogP contribution in [-0.4, -0.2) is 30.9 Å². The van der Waals surface area contributed by atoms with E-state index in [1.165, 1.54) is 11.8 Å². The number of fused-ring (bicyclic) bond motifs is 2. The van der Waals surface area contributed by atoms with Crippen molar-refractivity contribution in [3.05, 3.63) is 79.0 Å². The van der Waals surface area contributed by atoms with Gasteiger partial charge in [-0.15, -0.1) is 16.8 Å². The molecule has 0 aliphatic heterocycles. The lowest BCUT2D eigenvalue weighted by Gasteiger charge is -2.05. The number of nitrogens with zero attached hydrogens (tertiary/aromatic N) is 4. The van der Waals surface area contributed by atoms with E-state index >= 15 is 0 Å². The van der Waals surface area contributed by atoms with Crippen molar-refractivity contribution in [2.24, 2.45) is 0 Å². The molecule has 2 aromatic carbocycles. The summed E-state index contributed by atoms with van der Waals surface area (Å²) in [7, 11) is 0. The Morgan fingerprint density at radius 2 is 1.97 bits per heavy atom. The van der Waals surface area contributed by atoms with E-state index in [1.54, 1.807) is 6.08 Å². The first kappa shape index (κ1) is 20.3. The summed E-state index contributed by atoms with van der Waals surface area (Å²) in [5.41, 5.74) is 2.61. The smallest absolute Gasteiger partial charge is 0.200 e. The van der Waals surface area contributed by atoms with Gasteiger partial charge in [-0.3, -0.25) is 9.36 Å². The Morgan fingerprint density at radius 3 is 2.78 bits per heavy atom. The average Bonchev–Trinajstić information content (AvgIpc) is 3.52. The van der Waals surface area contributed by atoms with Crippen LogP contribution in [0.25, 0.3) is 33.5 Å². The SMILES string of the molecule is C=CCn1c(SCC(=O)c2cn(CC)c3ccccc23)nnc1-c1cc2ccccc2o1. The highest BCUT2D eigenvalue weighted by Gasteiger charge is 2.20. The number of Topliss-reactive ketones (excluding diaryl/α,β-unsaturated/α-hetero) is 1. The van der Waals surface area contributed by atoms with Crippen LogP contribution in [0.1, 0.15) is 17.3 Å². The molecule has 5 aromatic rings. The zero-order valence-electron chi connectivity index (χ0n) is 17.7. The summed E-state index contributed by atoms with van der Waals surface area (Å²) < 4.78 is 10.0. The summed E-state index contributed by atoms with van der Waals surface area (Å²) in [6.07, 6.45) is 3.73. The van der Waals surface area contributed by atoms with Crippen LogP contribution in [0.5, 0.6) is 0 Å². The van der Waals surface area contributed by atoms with Crippen LogP contribution in [0, 0.1) is 0 Å². The third-order valence-corrected chi connectivity index (χ3v) is 6.40. The second-order valence-corrected chi connectivity index (χ2v) is 8.35. The van der Waals surface area contributed by atoms with E-state index in [9.17, 15) is 4.79 Å². The summed E-state index contributed by atoms with van der Waals surface area (Å²) in [5.74, 6) is 1.60. The number of benzene rings is 2. The molecule has 0 aliphatic rings. The fraction of sp³-hybridized carbons (Fsp3) is 0.160. The summed E-state index contributed by atoms with van der Waals surface area (Å²) in [6, 6.07) is 17.8. The van der Waals surface area contributed by atoms with Gasteiger partial charge in [-0.1, -0.05) is 54.2 Å². The summed E-state index contributed by atoms with van der Waals surface area (Å²) in [6.45, 7) is 7.27. The van der Waals surface area contributed by atoms with Gasteiger partial charge in [-0.05, 0) is 25.1 Å². The average molecular weight is 443 g/mol. The van der Waals surface area contributed by atoms with Crippen molar-refractivity contribution in [2.45, 2.75) is 25.2 Å². The van der Waals surface area contributed by atoms with Gasteiger partial charge < -0.3 is 8.98 Å². The Hall–Kier alpha value is -3.58. The summed E-state index contributed by atoms with van der Waals surface area (Å²) in [4.78, 5) is 13.1. The van der Waals surface area contributed by atoms with Crippen molar-refractivity contribution < 1.29 is 9.21 Å². The van der Waals surface area contributed by atoms with E-state index in [0.717, 1.165) is 34.0 Å². The molecule has 3 heterocycles. The van der Waals surface area contributed by atoms with Gasteiger partial charge in [0.25, 0.3) is 0 Å². The molecule has 0 radical (unpaired) electrons. The van der Waals surface area contributed by atoms with Gasteiger partial charge >= 0.3 is 0 Å². The first-order chi connectivity index (χ1) is 15.7. The lowest BCUT2D eigenvalue weighted by atomic mass is 10.1. The zero-order valence-corrected chi connectivity index (χ0v) is 18.5. The largest absolute Gasteiger partial charge is 0.453 e. The minimum Gasteiger partial charge on any atom is -0.453 e. The molecule has 0 bridgehead atoms. The third kappa shape index (κ3) is 3.54. The van der Waals surface area contributed by atoms with E-state index in [2.05, 4.69) is 28.3 Å². The first-order valence-electron chi connectivity index (χ1n) is 10.5. The van der Waals surface area contributed by atoms with Gasteiger partial charge in [0.15, 0.2) is 16.7 Å². The number of allylic oxidation sites excluding steroid dienone is 1. The molecule has 0 atom stereocenters. The Balaban J connectivity index is 1.42. The van der Waals surface area contributed by atoms with Crippen molar-refractivity contribution in [1.29, 1.82) is 0 Å². The molecule has 5 rings (SSSR count). The number of ketones is 1. The van der Waals surface area contributed by atoms with E-state index in [-0.39, 0.29) is 11.5 Å². The Morgan fingerprint density at radius 1 is 1.16 bits per heavy atom. The predicted octanol–water partition coefficient (Wildman–Crippen LogP) is 5.83. The number of hydrogen-bond donors (Lipinski definition) is 0. The van der Waals surface area contributed by atoms with Gasteiger partial charge in [0.05, 0.1) is 5.75 Å². The normalized spacial score (nSPS) is 11.4. The maximum atomic E-state index is 13.1. The summed E-state index contributed by atoms with van der Waals surface area (Å²) >= 11 is 1.38. The molecule has 0 aliphatic carbocycles. The Bertz CT molecular complexity index is 1410. The maximum absolute atomic E-state index is 13.1. The molecule has 0 amide bonds. The molecular formula is C25H22N4O2S. The van der Waals surface area contributed by atoms with Crippen molar-refractivity contribution in [1.82, 2.24) is 19.3 Å². The van der Waals surface area contributed by atoms with Crippen molar-refractivity contribution >= 4 is 39.4 Å². The minimum absolute atomic E-state index is 0.0665. The first-order valence-corrected chi connectivity index (χ1v) is 11.4. The number of para-hydroxylation sites is 2. The number of aryl methyl sites for hydroxylation is 1. The predicted molar refractivity (Wildman–Crippen MR) is 128 cm³/mol. The molecule has 3 aromatic heterocycles. The Kier molecular flexibility index (Phi) is 5.41. The van der Waals surface area contributed by atoms with Gasteiger partial charge in [0.1, 0.15) is 5.58 Å². The van der Waals surface area contributed by atoms with Crippen LogP contribution in [0.15, 0.2) is 83.0 Å². The molecule has 160 valence electrons. The van der Waals surface area contributed by atoms with Crippen LogP contribution < -0.4 is 0 Å². The zero-order chi connectivity index (χ0) is 22.1. The lowest BCUT2D eigenvalue weighted by molar-refractivity contribution is 0.102. The molecule has 6 nitrogen and oxygen atoms in total. The van der Waals surface area contributed by atoms with E-state index in [4.69, 9.17) is 4.42 Å². The molecule has 0 fully saturated rings. The molecule has 0 spiro atoms. The van der Waals surface area contributed by atoms with Crippen LogP contribution in [0.2, 0.25) is 0 Å². The molecule has 32 heavy (non-hydrogen) atoms. The van der Waals surface area contributed by atoms with Gasteiger partial charge in [-0.25, -0.2) is 0 Å². The van der Waals surface area contributed by atoms with Gasteiger partial charge in [0, 0.05) is 41.1 Å². The number of carbonyl (C=O) groups excluding carboxylic acids is 1. The van der Waals surface area contributed by atoms with Gasteiger partial charge in [-0.2, -0.15) is 0 Å². The monoisotopic (exact) mass is 442 g/mol. The fourth-order valence-corrected chi connectivity index (χ4v) is 4.73. The highest BCUT2D eigenvalue weighted by Crippen LogP contribution is 2.30. The fourth-order valence-electron chi connectivity index (χ4n) is 3.90. The van der Waals surface area contributed by atoms with Crippen molar-refractivity contribution in [3.8, 4) is 11.6 Å². The quantitative estimate of drug-likeness (QED) is 0.172. The topological polar surface area (TPSA) is 65.8 Å². The highest BCUT2D eigenvalue weighted by molar-refractivity contribution is 7.99. The molecular weight excluding hydrogens is 420 g/mol. The van der Waals surface area contributed by atoms with Gasteiger partial charge in [0.2, 0.25) is 5.82 Å². The van der Waals surface area contributed by atoms with Crippen LogP contribution >= 0.6 is 11.8 Å². The molecule has 0 saturated heterocycles. The maximum Gasteiger partial charge on any atom is 0.200 e. The number of thioether (sulfide) groups is 1. The molecule has 0 unspecified atom stereocenters. The second-order valence-electron chi connectivity index (χ2n) is 7.41. The van der Waals surface area contributed by atoms with Crippen LogP contribution in [0.3, 0.4) is 0 Å². The second kappa shape index (κ2) is 8.51. The number of rotatable bonds is 8. The van der Waals surface area contributed by atoms with Crippen molar-refractivity contribution in [3.63, 3.8) is 0 Å². The van der Waals surface area contributed by atoms with Crippen molar-refractivity contribution in [2.75, 3.05) is 5.75 Å². The molecule has 7 heteroatoms. The number of furan rings is 1. The van der Waals surface area contributed by atoms with E-state index in [1.807, 2.05) is 65.4 Å². The number of aromatic nitrogens is 4. The van der Waals surface area contributed by atoms with Crippen LogP contribution in [-0.2, 0) is 13.1 Å². The number of carbonyl (C=O) groups is 1. The minimum atomic E-state index is 0.0665. The highest BCUT2D eigenvalue weighted by atomic mass is 32.2.